The normalized spacial score (nSPS) is 11.5. The third kappa shape index (κ3) is 5.77. The van der Waals surface area contributed by atoms with Crippen molar-refractivity contribution in [2.45, 2.75) is 19.0 Å². The molecule has 1 heterocycles. The average Bonchev–Trinajstić information content (AvgIpc) is 2.69. The predicted molar refractivity (Wildman–Crippen MR) is 103 cm³/mol. The van der Waals surface area contributed by atoms with Crippen molar-refractivity contribution in [3.63, 3.8) is 0 Å². The molecule has 138 valence electrons. The van der Waals surface area contributed by atoms with E-state index in [1.165, 1.54) is 7.11 Å². The molecule has 0 spiro atoms. The van der Waals surface area contributed by atoms with Gasteiger partial charge >= 0.3 is 0 Å². The monoisotopic (exact) mass is 373 g/mol. The van der Waals surface area contributed by atoms with Gasteiger partial charge in [-0.25, -0.2) is 0 Å². The summed E-state index contributed by atoms with van der Waals surface area (Å²) in [7, 11) is 1.51. The molecule has 1 aromatic carbocycles. The summed E-state index contributed by atoms with van der Waals surface area (Å²) in [6, 6.07) is 11.8. The van der Waals surface area contributed by atoms with E-state index in [4.69, 9.17) is 4.74 Å². The first-order valence-electron chi connectivity index (χ1n) is 8.26. The van der Waals surface area contributed by atoms with Crippen LogP contribution in [0.3, 0.4) is 0 Å². The number of ether oxygens (including phenoxy) is 1. The number of para-hydroxylation sites is 1. The Labute approximate surface area is 157 Å². The molecule has 2 aromatic rings. The van der Waals surface area contributed by atoms with Crippen molar-refractivity contribution in [3.8, 4) is 5.75 Å². The number of aromatic nitrogens is 1. The van der Waals surface area contributed by atoms with Gasteiger partial charge in [0.1, 0.15) is 11.8 Å². The van der Waals surface area contributed by atoms with Gasteiger partial charge in [-0.3, -0.25) is 14.6 Å². The summed E-state index contributed by atoms with van der Waals surface area (Å²) in [5.74, 6) is 0.672. The van der Waals surface area contributed by atoms with Gasteiger partial charge < -0.3 is 15.4 Å². The molecule has 7 heteroatoms. The van der Waals surface area contributed by atoms with Gasteiger partial charge in [-0.1, -0.05) is 18.2 Å². The fraction of sp³-hybridized carbons (Fsp3) is 0.316. The molecule has 6 nitrogen and oxygen atoms in total. The Morgan fingerprint density at radius 1 is 1.19 bits per heavy atom. The number of hydrogen-bond acceptors (Lipinski definition) is 5. The molecule has 0 saturated carbocycles. The number of rotatable bonds is 9. The molecular formula is C19H23N3O3S. The Hall–Kier alpha value is -2.54. The van der Waals surface area contributed by atoms with Gasteiger partial charge in [0.25, 0.3) is 5.91 Å². The van der Waals surface area contributed by atoms with Gasteiger partial charge in [-0.15, -0.1) is 0 Å². The summed E-state index contributed by atoms with van der Waals surface area (Å²) in [6.07, 6.45) is 4.18. The molecule has 1 aromatic heterocycles. The number of carbonyl (C=O) groups excluding carboxylic acids is 2. The predicted octanol–water partition coefficient (Wildman–Crippen LogP) is 2.26. The molecule has 0 radical (unpaired) electrons. The van der Waals surface area contributed by atoms with Gasteiger partial charge in [0.05, 0.1) is 24.9 Å². The van der Waals surface area contributed by atoms with Crippen LogP contribution in [0, 0.1) is 0 Å². The van der Waals surface area contributed by atoms with Gasteiger partial charge in [-0.2, -0.15) is 11.8 Å². The van der Waals surface area contributed by atoms with E-state index in [2.05, 4.69) is 15.6 Å². The Bertz CT molecular complexity index is 725. The first-order valence-corrected chi connectivity index (χ1v) is 9.65. The number of thioether (sulfide) groups is 1. The molecule has 0 aliphatic carbocycles. The number of nitrogens with one attached hydrogen (secondary N) is 2. The Balaban J connectivity index is 2.03. The second kappa shape index (κ2) is 10.5. The maximum Gasteiger partial charge on any atom is 0.255 e. The number of hydrogen-bond donors (Lipinski definition) is 2. The molecule has 0 aliphatic rings. The standard InChI is InChI=1S/C19H23N3O3S/c1-25-17-9-4-3-8-15(17)18(23)22-16(10-12-26-2)19(24)21-13-14-7-5-6-11-20-14/h3-9,11,16H,10,12-13H2,1-2H3,(H,21,24)(H,22,23)/t16-/m1/s1. The van der Waals surface area contributed by atoms with Gasteiger partial charge in [0, 0.05) is 6.20 Å². The van der Waals surface area contributed by atoms with E-state index in [-0.39, 0.29) is 11.8 Å². The highest BCUT2D eigenvalue weighted by molar-refractivity contribution is 7.98. The molecule has 0 saturated heterocycles. The first kappa shape index (κ1) is 19.8. The maximum absolute atomic E-state index is 12.6. The average molecular weight is 373 g/mol. The van der Waals surface area contributed by atoms with Crippen LogP contribution in [0.5, 0.6) is 5.75 Å². The van der Waals surface area contributed by atoms with Crippen molar-refractivity contribution in [2.24, 2.45) is 0 Å². The van der Waals surface area contributed by atoms with Crippen LogP contribution in [0.1, 0.15) is 22.5 Å². The van der Waals surface area contributed by atoms with Gasteiger partial charge in [0.2, 0.25) is 5.91 Å². The summed E-state index contributed by atoms with van der Waals surface area (Å²) in [5.41, 5.74) is 1.17. The zero-order valence-corrected chi connectivity index (χ0v) is 15.7. The number of methoxy groups -OCH3 is 1. The molecule has 0 bridgehead atoms. The van der Waals surface area contributed by atoms with Crippen molar-refractivity contribution < 1.29 is 14.3 Å². The SMILES string of the molecule is COc1ccccc1C(=O)N[C@H](CCSC)C(=O)NCc1ccccn1. The minimum Gasteiger partial charge on any atom is -0.496 e. The smallest absolute Gasteiger partial charge is 0.255 e. The second-order valence-electron chi connectivity index (χ2n) is 5.55. The lowest BCUT2D eigenvalue weighted by atomic mass is 10.1. The van der Waals surface area contributed by atoms with E-state index in [9.17, 15) is 9.59 Å². The minimum absolute atomic E-state index is 0.229. The van der Waals surface area contributed by atoms with Gasteiger partial charge in [0.15, 0.2) is 0 Å². The van der Waals surface area contributed by atoms with Gasteiger partial charge in [-0.05, 0) is 42.7 Å². The number of pyridine rings is 1. The fourth-order valence-electron chi connectivity index (χ4n) is 2.38. The minimum atomic E-state index is -0.622. The molecular weight excluding hydrogens is 350 g/mol. The molecule has 1 atom stereocenters. The molecule has 26 heavy (non-hydrogen) atoms. The molecule has 2 amide bonds. The van der Waals surface area contributed by atoms with Crippen LogP contribution in [0.25, 0.3) is 0 Å². The summed E-state index contributed by atoms with van der Waals surface area (Å²) in [4.78, 5) is 29.3. The van der Waals surface area contributed by atoms with Crippen LogP contribution < -0.4 is 15.4 Å². The number of benzene rings is 1. The van der Waals surface area contributed by atoms with E-state index in [0.29, 0.717) is 24.3 Å². The van der Waals surface area contributed by atoms with Crippen molar-refractivity contribution in [2.75, 3.05) is 19.1 Å². The van der Waals surface area contributed by atoms with Crippen molar-refractivity contribution in [1.29, 1.82) is 0 Å². The van der Waals surface area contributed by atoms with E-state index in [1.807, 2.05) is 24.5 Å². The zero-order valence-electron chi connectivity index (χ0n) is 14.9. The number of amides is 2. The molecule has 2 rings (SSSR count). The van der Waals surface area contributed by atoms with Crippen LogP contribution in [0.4, 0.5) is 0 Å². The summed E-state index contributed by atoms with van der Waals surface area (Å²) >= 11 is 1.62. The summed E-state index contributed by atoms with van der Waals surface area (Å²) < 4.78 is 5.22. The van der Waals surface area contributed by atoms with Crippen LogP contribution in [-0.2, 0) is 11.3 Å². The lowest BCUT2D eigenvalue weighted by Gasteiger charge is -2.19. The van der Waals surface area contributed by atoms with Crippen molar-refractivity contribution in [1.82, 2.24) is 15.6 Å². The molecule has 2 N–H and O–H groups in total. The topological polar surface area (TPSA) is 80.3 Å². The van der Waals surface area contributed by atoms with E-state index >= 15 is 0 Å². The quantitative estimate of drug-likeness (QED) is 0.705. The van der Waals surface area contributed by atoms with E-state index < -0.39 is 6.04 Å². The molecule has 0 fully saturated rings. The van der Waals surface area contributed by atoms with Crippen LogP contribution in [0.15, 0.2) is 48.7 Å². The van der Waals surface area contributed by atoms with Crippen LogP contribution in [-0.4, -0.2) is 42.0 Å². The first-order chi connectivity index (χ1) is 12.7. The second-order valence-corrected chi connectivity index (χ2v) is 6.53. The van der Waals surface area contributed by atoms with E-state index in [0.717, 1.165) is 11.4 Å². The largest absolute Gasteiger partial charge is 0.496 e. The third-order valence-corrected chi connectivity index (χ3v) is 4.40. The van der Waals surface area contributed by atoms with E-state index in [1.54, 1.807) is 42.2 Å². The van der Waals surface area contributed by atoms with Crippen LogP contribution in [0.2, 0.25) is 0 Å². The Morgan fingerprint density at radius 2 is 1.96 bits per heavy atom. The lowest BCUT2D eigenvalue weighted by molar-refractivity contribution is -0.123. The van der Waals surface area contributed by atoms with Crippen LogP contribution >= 0.6 is 11.8 Å². The maximum atomic E-state index is 12.6. The highest BCUT2D eigenvalue weighted by Gasteiger charge is 2.22. The number of nitrogens with zero attached hydrogens (tertiary/aromatic N) is 1. The Kier molecular flexibility index (Phi) is 7.95. The lowest BCUT2D eigenvalue weighted by Crippen LogP contribution is -2.47. The highest BCUT2D eigenvalue weighted by Crippen LogP contribution is 2.17. The van der Waals surface area contributed by atoms with Crippen molar-refractivity contribution in [3.05, 3.63) is 59.9 Å². The molecule has 0 unspecified atom stereocenters. The summed E-state index contributed by atoms with van der Waals surface area (Å²) in [6.45, 7) is 0.319. The zero-order chi connectivity index (χ0) is 18.8. The third-order valence-electron chi connectivity index (χ3n) is 3.75. The fourth-order valence-corrected chi connectivity index (χ4v) is 2.85. The summed E-state index contributed by atoms with van der Waals surface area (Å²) in [5, 5.41) is 5.65. The molecule has 0 aliphatic heterocycles. The number of carbonyl (C=O) groups is 2. The van der Waals surface area contributed by atoms with Crippen molar-refractivity contribution >= 4 is 23.6 Å². The Morgan fingerprint density at radius 3 is 2.65 bits per heavy atom. The highest BCUT2D eigenvalue weighted by atomic mass is 32.2.